The second-order valence-corrected chi connectivity index (χ2v) is 3.72. The van der Waals surface area contributed by atoms with E-state index in [4.69, 9.17) is 9.47 Å². The van der Waals surface area contributed by atoms with Crippen molar-refractivity contribution in [1.29, 1.82) is 0 Å². The molecule has 1 fully saturated rings. The van der Waals surface area contributed by atoms with E-state index in [9.17, 15) is 0 Å². The Morgan fingerprint density at radius 1 is 1.33 bits per heavy atom. The van der Waals surface area contributed by atoms with Crippen LogP contribution >= 0.6 is 0 Å². The zero-order valence-electron chi connectivity index (χ0n) is 8.69. The monoisotopic (exact) mass is 203 g/mol. The molecule has 1 radical (unpaired) electrons. The molecule has 2 heteroatoms. The maximum absolute atomic E-state index is 5.65. The van der Waals surface area contributed by atoms with Gasteiger partial charge in [0.2, 0.25) is 0 Å². The van der Waals surface area contributed by atoms with Gasteiger partial charge in [0.1, 0.15) is 0 Å². The largest absolute Gasteiger partial charge is 0.348 e. The predicted molar refractivity (Wildman–Crippen MR) is 58.2 cm³/mol. The van der Waals surface area contributed by atoms with Crippen LogP contribution in [0.2, 0.25) is 0 Å². The van der Waals surface area contributed by atoms with Gasteiger partial charge in [-0.15, -0.1) is 6.58 Å². The molecule has 0 bridgehead atoms. The second-order valence-electron chi connectivity index (χ2n) is 3.72. The average molecular weight is 203 g/mol. The summed E-state index contributed by atoms with van der Waals surface area (Å²) in [6.07, 6.45) is 2.66. The van der Waals surface area contributed by atoms with Crippen LogP contribution in [0.5, 0.6) is 0 Å². The van der Waals surface area contributed by atoms with Crippen molar-refractivity contribution in [2.45, 2.75) is 12.7 Å². The average Bonchev–Trinajstić information content (AvgIpc) is 2.32. The minimum absolute atomic E-state index is 0.208. The third-order valence-electron chi connectivity index (χ3n) is 2.48. The van der Waals surface area contributed by atoms with E-state index in [0.717, 1.165) is 25.2 Å². The fraction of sp³-hybridized carbons (Fsp3) is 0.385. The SMILES string of the molecule is C=CCC1COC(c2cc[c]cc2)OC1. The molecule has 2 rings (SSSR count). The molecule has 0 unspecified atom stereocenters. The van der Waals surface area contributed by atoms with Crippen LogP contribution in [0.25, 0.3) is 0 Å². The van der Waals surface area contributed by atoms with Gasteiger partial charge in [0, 0.05) is 11.5 Å². The molecule has 1 aliphatic heterocycles. The van der Waals surface area contributed by atoms with Crippen molar-refractivity contribution in [3.8, 4) is 0 Å². The molecule has 0 N–H and O–H groups in total. The number of rotatable bonds is 3. The van der Waals surface area contributed by atoms with Crippen molar-refractivity contribution in [1.82, 2.24) is 0 Å². The Kier molecular flexibility index (Phi) is 3.54. The van der Waals surface area contributed by atoms with E-state index in [2.05, 4.69) is 12.6 Å². The van der Waals surface area contributed by atoms with Crippen LogP contribution in [0, 0.1) is 12.0 Å². The Balaban J connectivity index is 1.91. The molecule has 15 heavy (non-hydrogen) atoms. The Labute approximate surface area is 90.5 Å². The molecule has 1 aromatic carbocycles. The van der Waals surface area contributed by atoms with Crippen LogP contribution in [0.4, 0.5) is 0 Å². The quantitative estimate of drug-likeness (QED) is 0.703. The third kappa shape index (κ3) is 2.67. The summed E-state index contributed by atoms with van der Waals surface area (Å²) >= 11 is 0. The Hall–Kier alpha value is -1.12. The van der Waals surface area contributed by atoms with Gasteiger partial charge in [-0.05, 0) is 12.5 Å². The highest BCUT2D eigenvalue weighted by Crippen LogP contribution is 2.25. The summed E-state index contributed by atoms with van der Waals surface area (Å²) in [5, 5.41) is 0. The lowest BCUT2D eigenvalue weighted by Crippen LogP contribution is -2.26. The summed E-state index contributed by atoms with van der Waals surface area (Å²) in [5.74, 6) is 0.453. The van der Waals surface area contributed by atoms with Crippen LogP contribution in [-0.2, 0) is 9.47 Å². The lowest BCUT2D eigenvalue weighted by Gasteiger charge is -2.29. The molecule has 0 amide bonds. The van der Waals surface area contributed by atoms with Gasteiger partial charge in [0.15, 0.2) is 6.29 Å². The smallest absolute Gasteiger partial charge is 0.183 e. The lowest BCUT2D eigenvalue weighted by molar-refractivity contribution is -0.204. The number of ether oxygens (including phenoxy) is 2. The van der Waals surface area contributed by atoms with Crippen molar-refractivity contribution in [3.63, 3.8) is 0 Å². The van der Waals surface area contributed by atoms with Gasteiger partial charge in [-0.3, -0.25) is 0 Å². The maximum atomic E-state index is 5.65. The molecular weight excluding hydrogens is 188 g/mol. The molecule has 0 atom stereocenters. The minimum Gasteiger partial charge on any atom is -0.348 e. The van der Waals surface area contributed by atoms with Crippen LogP contribution < -0.4 is 0 Å². The van der Waals surface area contributed by atoms with Gasteiger partial charge < -0.3 is 9.47 Å². The van der Waals surface area contributed by atoms with E-state index in [1.54, 1.807) is 0 Å². The Morgan fingerprint density at radius 2 is 2.00 bits per heavy atom. The van der Waals surface area contributed by atoms with Crippen LogP contribution in [-0.4, -0.2) is 13.2 Å². The topological polar surface area (TPSA) is 18.5 Å². The lowest BCUT2D eigenvalue weighted by atomic mass is 10.1. The van der Waals surface area contributed by atoms with Gasteiger partial charge in [0.25, 0.3) is 0 Å². The standard InChI is InChI=1S/C13H15O2/c1-2-6-11-9-14-13(15-10-11)12-7-4-3-5-8-12/h2,4-5,7-8,11,13H,1,6,9-10H2. The highest BCUT2D eigenvalue weighted by atomic mass is 16.7. The van der Waals surface area contributed by atoms with E-state index in [-0.39, 0.29) is 6.29 Å². The predicted octanol–water partition coefficient (Wildman–Crippen LogP) is 2.72. The zero-order valence-corrected chi connectivity index (χ0v) is 8.69. The van der Waals surface area contributed by atoms with Gasteiger partial charge in [-0.25, -0.2) is 0 Å². The van der Waals surface area contributed by atoms with Crippen molar-refractivity contribution in [3.05, 3.63) is 48.6 Å². The molecule has 1 aromatic rings. The number of hydrogen-bond acceptors (Lipinski definition) is 2. The van der Waals surface area contributed by atoms with E-state index < -0.39 is 0 Å². The molecule has 0 aromatic heterocycles. The first-order valence-corrected chi connectivity index (χ1v) is 5.20. The zero-order chi connectivity index (χ0) is 10.5. The molecule has 1 heterocycles. The van der Waals surface area contributed by atoms with Gasteiger partial charge in [-0.1, -0.05) is 30.3 Å². The van der Waals surface area contributed by atoms with E-state index in [1.807, 2.05) is 30.3 Å². The van der Waals surface area contributed by atoms with E-state index in [0.29, 0.717) is 5.92 Å². The highest BCUT2D eigenvalue weighted by molar-refractivity contribution is 5.15. The summed E-state index contributed by atoms with van der Waals surface area (Å²) in [5.41, 5.74) is 1.06. The molecule has 0 spiro atoms. The Morgan fingerprint density at radius 3 is 2.60 bits per heavy atom. The Bertz CT molecular complexity index is 300. The van der Waals surface area contributed by atoms with Crippen molar-refractivity contribution >= 4 is 0 Å². The first-order chi connectivity index (χ1) is 7.40. The summed E-state index contributed by atoms with van der Waals surface area (Å²) in [6.45, 7) is 5.21. The van der Waals surface area contributed by atoms with Gasteiger partial charge in [0.05, 0.1) is 13.2 Å². The molecular formula is C13H15O2. The fourth-order valence-corrected chi connectivity index (χ4v) is 1.66. The summed E-state index contributed by atoms with van der Waals surface area (Å²) in [6, 6.07) is 10.7. The molecule has 79 valence electrons. The second kappa shape index (κ2) is 5.10. The van der Waals surface area contributed by atoms with Crippen LogP contribution in [0.1, 0.15) is 18.3 Å². The van der Waals surface area contributed by atoms with Gasteiger partial charge in [-0.2, -0.15) is 0 Å². The molecule has 2 nitrogen and oxygen atoms in total. The van der Waals surface area contributed by atoms with Crippen molar-refractivity contribution in [2.75, 3.05) is 13.2 Å². The molecule has 0 saturated carbocycles. The molecule has 1 saturated heterocycles. The first kappa shape index (κ1) is 10.4. The van der Waals surface area contributed by atoms with Crippen molar-refractivity contribution < 1.29 is 9.47 Å². The normalized spacial score (nSPS) is 26.1. The van der Waals surface area contributed by atoms with Gasteiger partial charge >= 0.3 is 0 Å². The number of hydrogen-bond donors (Lipinski definition) is 0. The van der Waals surface area contributed by atoms with E-state index in [1.165, 1.54) is 0 Å². The number of benzene rings is 1. The summed E-state index contributed by atoms with van der Waals surface area (Å²) in [4.78, 5) is 0. The minimum atomic E-state index is -0.208. The highest BCUT2D eigenvalue weighted by Gasteiger charge is 2.22. The van der Waals surface area contributed by atoms with E-state index >= 15 is 0 Å². The number of allylic oxidation sites excluding steroid dienone is 1. The summed E-state index contributed by atoms with van der Waals surface area (Å²) in [7, 11) is 0. The summed E-state index contributed by atoms with van der Waals surface area (Å²) < 4.78 is 11.3. The first-order valence-electron chi connectivity index (χ1n) is 5.20. The molecule has 0 aliphatic carbocycles. The van der Waals surface area contributed by atoms with Crippen LogP contribution in [0.3, 0.4) is 0 Å². The molecule has 1 aliphatic rings. The van der Waals surface area contributed by atoms with Crippen molar-refractivity contribution in [2.24, 2.45) is 5.92 Å². The maximum Gasteiger partial charge on any atom is 0.183 e. The third-order valence-corrected chi connectivity index (χ3v) is 2.48. The fourth-order valence-electron chi connectivity index (χ4n) is 1.66. The van der Waals surface area contributed by atoms with Crippen LogP contribution in [0.15, 0.2) is 36.9 Å².